The van der Waals surface area contributed by atoms with Gasteiger partial charge in [0.15, 0.2) is 0 Å². The van der Waals surface area contributed by atoms with Crippen LogP contribution in [0.25, 0.3) is 0 Å². The maximum Gasteiger partial charge on any atom is 0.248 e. The van der Waals surface area contributed by atoms with Gasteiger partial charge in [-0.15, -0.1) is 0 Å². The van der Waals surface area contributed by atoms with Crippen LogP contribution in [-0.4, -0.2) is 24.7 Å². The molecule has 5 heteroatoms. The molecule has 2 aromatic carbocycles. The molecule has 1 saturated heterocycles. The van der Waals surface area contributed by atoms with Crippen LogP contribution in [0, 0.1) is 0 Å². The van der Waals surface area contributed by atoms with E-state index in [-0.39, 0.29) is 6.10 Å². The average molecular weight is 312 g/mol. The van der Waals surface area contributed by atoms with Crippen molar-refractivity contribution in [3.8, 4) is 11.5 Å². The molecule has 1 aliphatic heterocycles. The zero-order valence-electron chi connectivity index (χ0n) is 13.0. The molecule has 2 aromatic rings. The lowest BCUT2D eigenvalue weighted by Gasteiger charge is -2.17. The molecule has 1 amide bonds. The molecule has 3 rings (SSSR count). The number of nitrogens with two attached hydrogens (primary N) is 1. The molecule has 1 aliphatic rings. The highest BCUT2D eigenvalue weighted by atomic mass is 16.5. The van der Waals surface area contributed by atoms with Gasteiger partial charge in [0.1, 0.15) is 11.5 Å². The SMILES string of the molecule is C[C@@H]1OCC[C@@H]1Nc1ccc(Oc2cccc(C(N)=O)c2)cc1. The normalized spacial score (nSPS) is 20.2. The Morgan fingerprint density at radius 1 is 1.22 bits per heavy atom. The second kappa shape index (κ2) is 6.71. The summed E-state index contributed by atoms with van der Waals surface area (Å²) in [5.74, 6) is 0.815. The monoisotopic (exact) mass is 312 g/mol. The molecule has 0 bridgehead atoms. The van der Waals surface area contributed by atoms with Gasteiger partial charge in [0.05, 0.1) is 12.1 Å². The predicted molar refractivity (Wildman–Crippen MR) is 88.9 cm³/mol. The van der Waals surface area contributed by atoms with Crippen molar-refractivity contribution in [1.82, 2.24) is 0 Å². The Hall–Kier alpha value is -2.53. The van der Waals surface area contributed by atoms with Gasteiger partial charge in [-0.1, -0.05) is 6.07 Å². The van der Waals surface area contributed by atoms with Gasteiger partial charge in [-0.25, -0.2) is 0 Å². The lowest BCUT2D eigenvalue weighted by Crippen LogP contribution is -2.26. The number of benzene rings is 2. The van der Waals surface area contributed by atoms with Crippen LogP contribution in [0.5, 0.6) is 11.5 Å². The molecule has 1 fully saturated rings. The van der Waals surface area contributed by atoms with E-state index in [1.807, 2.05) is 24.3 Å². The maximum atomic E-state index is 11.2. The van der Waals surface area contributed by atoms with Crippen LogP contribution in [0.15, 0.2) is 48.5 Å². The minimum Gasteiger partial charge on any atom is -0.457 e. The maximum absolute atomic E-state index is 11.2. The predicted octanol–water partition coefficient (Wildman–Crippen LogP) is 3.17. The van der Waals surface area contributed by atoms with E-state index in [4.69, 9.17) is 15.2 Å². The first-order valence-electron chi connectivity index (χ1n) is 7.68. The van der Waals surface area contributed by atoms with Crippen LogP contribution in [0.1, 0.15) is 23.7 Å². The Balaban J connectivity index is 1.65. The molecule has 120 valence electrons. The quantitative estimate of drug-likeness (QED) is 0.889. The third-order valence-electron chi connectivity index (χ3n) is 3.94. The first-order chi connectivity index (χ1) is 11.1. The minimum absolute atomic E-state index is 0.225. The first kappa shape index (κ1) is 15.4. The number of anilines is 1. The fourth-order valence-corrected chi connectivity index (χ4v) is 2.60. The van der Waals surface area contributed by atoms with Gasteiger partial charge >= 0.3 is 0 Å². The Morgan fingerprint density at radius 2 is 2.00 bits per heavy atom. The van der Waals surface area contributed by atoms with Crippen molar-refractivity contribution in [2.24, 2.45) is 5.73 Å². The van der Waals surface area contributed by atoms with Gasteiger partial charge in [0.2, 0.25) is 5.91 Å². The zero-order chi connectivity index (χ0) is 16.2. The Morgan fingerprint density at radius 3 is 2.65 bits per heavy atom. The number of amides is 1. The van der Waals surface area contributed by atoms with Crippen molar-refractivity contribution in [2.45, 2.75) is 25.5 Å². The molecular weight excluding hydrogens is 292 g/mol. The number of primary amides is 1. The lowest BCUT2D eigenvalue weighted by molar-refractivity contribution is 0.1000. The highest BCUT2D eigenvalue weighted by molar-refractivity contribution is 5.93. The van der Waals surface area contributed by atoms with Gasteiger partial charge in [0, 0.05) is 17.9 Å². The summed E-state index contributed by atoms with van der Waals surface area (Å²) in [5, 5.41) is 3.46. The van der Waals surface area contributed by atoms with E-state index in [0.717, 1.165) is 18.7 Å². The van der Waals surface area contributed by atoms with E-state index < -0.39 is 5.91 Å². The fourth-order valence-electron chi connectivity index (χ4n) is 2.60. The first-order valence-corrected chi connectivity index (χ1v) is 7.68. The number of nitrogens with one attached hydrogen (secondary N) is 1. The second-order valence-electron chi connectivity index (χ2n) is 5.63. The van der Waals surface area contributed by atoms with Crippen LogP contribution in [0.4, 0.5) is 5.69 Å². The smallest absolute Gasteiger partial charge is 0.248 e. The highest BCUT2D eigenvalue weighted by Gasteiger charge is 2.23. The number of hydrogen-bond donors (Lipinski definition) is 2. The molecule has 0 radical (unpaired) electrons. The van der Waals surface area contributed by atoms with E-state index in [0.29, 0.717) is 23.1 Å². The number of hydrogen-bond acceptors (Lipinski definition) is 4. The summed E-state index contributed by atoms with van der Waals surface area (Å²) >= 11 is 0. The van der Waals surface area contributed by atoms with Crippen molar-refractivity contribution in [1.29, 1.82) is 0 Å². The molecule has 0 spiro atoms. The molecule has 2 atom stereocenters. The van der Waals surface area contributed by atoms with Crippen LogP contribution in [-0.2, 0) is 4.74 Å². The van der Waals surface area contributed by atoms with Gasteiger partial charge < -0.3 is 20.5 Å². The van der Waals surface area contributed by atoms with E-state index in [2.05, 4.69) is 12.2 Å². The summed E-state index contributed by atoms with van der Waals surface area (Å²) in [6.07, 6.45) is 1.24. The molecule has 23 heavy (non-hydrogen) atoms. The molecule has 0 unspecified atom stereocenters. The number of rotatable bonds is 5. The molecule has 0 aliphatic carbocycles. The Kier molecular flexibility index (Phi) is 4.48. The van der Waals surface area contributed by atoms with Crippen LogP contribution in [0.2, 0.25) is 0 Å². The van der Waals surface area contributed by atoms with Crippen molar-refractivity contribution < 1.29 is 14.3 Å². The Bertz CT molecular complexity index is 685. The number of ether oxygens (including phenoxy) is 2. The minimum atomic E-state index is -0.470. The molecule has 3 N–H and O–H groups in total. The van der Waals surface area contributed by atoms with Gasteiger partial charge in [-0.05, 0) is 55.8 Å². The summed E-state index contributed by atoms with van der Waals surface area (Å²) in [6, 6.07) is 14.9. The van der Waals surface area contributed by atoms with Crippen LogP contribution >= 0.6 is 0 Å². The van der Waals surface area contributed by atoms with Gasteiger partial charge in [0.25, 0.3) is 0 Å². The van der Waals surface area contributed by atoms with Crippen molar-refractivity contribution in [3.63, 3.8) is 0 Å². The topological polar surface area (TPSA) is 73.6 Å². The van der Waals surface area contributed by atoms with Crippen LogP contribution < -0.4 is 15.8 Å². The fraction of sp³-hybridized carbons (Fsp3) is 0.278. The average Bonchev–Trinajstić information content (AvgIpc) is 2.95. The van der Waals surface area contributed by atoms with Crippen molar-refractivity contribution in [2.75, 3.05) is 11.9 Å². The molecule has 5 nitrogen and oxygen atoms in total. The lowest BCUT2D eigenvalue weighted by atomic mass is 10.1. The summed E-state index contributed by atoms with van der Waals surface area (Å²) < 4.78 is 11.3. The number of carbonyl (C=O) groups is 1. The molecular formula is C18H20N2O3. The molecule has 0 aromatic heterocycles. The zero-order valence-corrected chi connectivity index (χ0v) is 13.0. The summed E-state index contributed by atoms with van der Waals surface area (Å²) in [6.45, 7) is 2.88. The summed E-state index contributed by atoms with van der Waals surface area (Å²) in [4.78, 5) is 11.2. The van der Waals surface area contributed by atoms with Gasteiger partial charge in [-0.3, -0.25) is 4.79 Å². The highest BCUT2D eigenvalue weighted by Crippen LogP contribution is 2.25. The van der Waals surface area contributed by atoms with E-state index in [1.54, 1.807) is 24.3 Å². The van der Waals surface area contributed by atoms with Crippen molar-refractivity contribution >= 4 is 11.6 Å². The second-order valence-corrected chi connectivity index (χ2v) is 5.63. The van der Waals surface area contributed by atoms with E-state index >= 15 is 0 Å². The third-order valence-corrected chi connectivity index (χ3v) is 3.94. The molecule has 1 heterocycles. The number of carbonyl (C=O) groups excluding carboxylic acids is 1. The Labute approximate surface area is 135 Å². The molecule has 0 saturated carbocycles. The van der Waals surface area contributed by atoms with Gasteiger partial charge in [-0.2, -0.15) is 0 Å². The van der Waals surface area contributed by atoms with Crippen LogP contribution in [0.3, 0.4) is 0 Å². The summed E-state index contributed by atoms with van der Waals surface area (Å²) in [7, 11) is 0. The van der Waals surface area contributed by atoms with E-state index in [1.165, 1.54) is 0 Å². The van der Waals surface area contributed by atoms with Crippen molar-refractivity contribution in [3.05, 3.63) is 54.1 Å². The van der Waals surface area contributed by atoms with E-state index in [9.17, 15) is 4.79 Å². The summed E-state index contributed by atoms with van der Waals surface area (Å²) in [5.41, 5.74) is 6.73. The third kappa shape index (κ3) is 3.81. The standard InChI is InChI=1S/C18H20N2O3/c1-12-17(9-10-22-12)20-14-5-7-15(8-6-14)23-16-4-2-3-13(11-16)18(19)21/h2-8,11-12,17,20H,9-10H2,1H3,(H2,19,21)/t12-,17-/m0/s1. The largest absolute Gasteiger partial charge is 0.457 e.